The largest absolute Gasteiger partial charge is 0.497 e. The lowest BCUT2D eigenvalue weighted by Gasteiger charge is -2.23. The van der Waals surface area contributed by atoms with Crippen LogP contribution in [0.4, 0.5) is 11.8 Å². The fraction of sp³-hybridized carbons (Fsp3) is 0.385. The van der Waals surface area contributed by atoms with Crippen molar-refractivity contribution in [2.24, 2.45) is 0 Å². The van der Waals surface area contributed by atoms with Crippen LogP contribution < -0.4 is 15.4 Å². The number of hydrogen-bond acceptors (Lipinski definition) is 7. The van der Waals surface area contributed by atoms with Gasteiger partial charge in [0.1, 0.15) is 5.75 Å². The molecule has 0 unspecified atom stereocenters. The van der Waals surface area contributed by atoms with Crippen LogP contribution in [0.25, 0.3) is 11.2 Å². The van der Waals surface area contributed by atoms with Gasteiger partial charge in [0.15, 0.2) is 17.0 Å². The summed E-state index contributed by atoms with van der Waals surface area (Å²) in [6.45, 7) is 1.36. The second kappa shape index (κ2) is 10.5. The number of hydrogen-bond donors (Lipinski definition) is 2. The van der Waals surface area contributed by atoms with Gasteiger partial charge in [-0.15, -0.1) is 0 Å². The van der Waals surface area contributed by atoms with E-state index in [2.05, 4.69) is 32.3 Å². The van der Waals surface area contributed by atoms with E-state index in [9.17, 15) is 0 Å². The SMILES string of the molecule is COc1ccc(CCNc2nc(NCc3cccnc3)nc3c2ncn3C2CCCCC2)cc1. The summed E-state index contributed by atoms with van der Waals surface area (Å²) in [7, 11) is 1.68. The van der Waals surface area contributed by atoms with Gasteiger partial charge < -0.3 is 19.9 Å². The minimum absolute atomic E-state index is 0.451. The minimum Gasteiger partial charge on any atom is -0.497 e. The normalized spacial score (nSPS) is 14.3. The van der Waals surface area contributed by atoms with Crippen molar-refractivity contribution >= 4 is 22.9 Å². The molecule has 1 fully saturated rings. The zero-order valence-corrected chi connectivity index (χ0v) is 19.6. The number of rotatable bonds is 9. The third kappa shape index (κ3) is 5.11. The zero-order valence-electron chi connectivity index (χ0n) is 19.6. The highest BCUT2D eigenvalue weighted by Gasteiger charge is 2.20. The van der Waals surface area contributed by atoms with E-state index in [1.807, 2.05) is 36.8 Å². The average Bonchev–Trinajstić information content (AvgIpc) is 3.33. The molecule has 34 heavy (non-hydrogen) atoms. The van der Waals surface area contributed by atoms with E-state index in [1.54, 1.807) is 13.3 Å². The maximum absolute atomic E-state index is 5.26. The quantitative estimate of drug-likeness (QED) is 0.365. The Bertz CT molecular complexity index is 1200. The van der Waals surface area contributed by atoms with Crippen molar-refractivity contribution in [3.05, 3.63) is 66.2 Å². The standard InChI is InChI=1S/C26H31N7O/c1-34-22-11-9-19(10-12-22)13-15-28-24-23-25(33(18-30-23)21-7-3-2-4-8-21)32-26(31-24)29-17-20-6-5-14-27-16-20/h5-6,9-12,14,16,18,21H,2-4,7-8,13,15,17H2,1H3,(H2,28,29,31,32). The molecule has 0 spiro atoms. The summed E-state index contributed by atoms with van der Waals surface area (Å²) < 4.78 is 7.51. The first kappa shape index (κ1) is 22.1. The molecule has 4 aromatic rings. The lowest BCUT2D eigenvalue weighted by atomic mass is 9.95. The van der Waals surface area contributed by atoms with Gasteiger partial charge in [-0.05, 0) is 48.6 Å². The van der Waals surface area contributed by atoms with Crippen LogP contribution in [0.5, 0.6) is 5.75 Å². The Morgan fingerprint density at radius 1 is 1.00 bits per heavy atom. The molecule has 1 aliphatic carbocycles. The molecule has 1 aliphatic rings. The highest BCUT2D eigenvalue weighted by molar-refractivity contribution is 5.84. The molecule has 3 aromatic heterocycles. The van der Waals surface area contributed by atoms with Crippen LogP contribution >= 0.6 is 0 Å². The zero-order chi connectivity index (χ0) is 23.2. The third-order valence-electron chi connectivity index (χ3n) is 6.43. The summed E-state index contributed by atoms with van der Waals surface area (Å²) in [6.07, 6.45) is 12.6. The van der Waals surface area contributed by atoms with Gasteiger partial charge in [-0.3, -0.25) is 4.98 Å². The summed E-state index contributed by atoms with van der Waals surface area (Å²) >= 11 is 0. The summed E-state index contributed by atoms with van der Waals surface area (Å²) in [6, 6.07) is 12.6. The second-order valence-electron chi connectivity index (χ2n) is 8.75. The molecule has 176 valence electrons. The molecule has 5 rings (SSSR count). The Morgan fingerprint density at radius 2 is 1.85 bits per heavy atom. The molecule has 8 heteroatoms. The number of nitrogens with one attached hydrogen (secondary N) is 2. The van der Waals surface area contributed by atoms with Gasteiger partial charge in [0, 0.05) is 31.5 Å². The lowest BCUT2D eigenvalue weighted by molar-refractivity contribution is 0.358. The van der Waals surface area contributed by atoms with Crippen molar-refractivity contribution in [2.45, 2.75) is 51.1 Å². The van der Waals surface area contributed by atoms with Crippen LogP contribution in [0.15, 0.2) is 55.1 Å². The molecule has 1 saturated carbocycles. The van der Waals surface area contributed by atoms with Crippen LogP contribution in [-0.4, -0.2) is 38.2 Å². The van der Waals surface area contributed by atoms with E-state index in [-0.39, 0.29) is 0 Å². The molecule has 3 heterocycles. The Kier molecular flexibility index (Phi) is 6.84. The first-order valence-corrected chi connectivity index (χ1v) is 12.0. The predicted octanol–water partition coefficient (Wildman–Crippen LogP) is 5.00. The number of fused-ring (bicyclic) bond motifs is 1. The Balaban J connectivity index is 1.38. The van der Waals surface area contributed by atoms with Crippen molar-refractivity contribution in [3.63, 3.8) is 0 Å². The van der Waals surface area contributed by atoms with Crippen LogP contribution in [0.1, 0.15) is 49.3 Å². The number of imidazole rings is 1. The van der Waals surface area contributed by atoms with Crippen molar-refractivity contribution < 1.29 is 4.74 Å². The van der Waals surface area contributed by atoms with Gasteiger partial charge in [0.05, 0.1) is 13.4 Å². The highest BCUT2D eigenvalue weighted by atomic mass is 16.5. The van der Waals surface area contributed by atoms with E-state index in [4.69, 9.17) is 19.7 Å². The van der Waals surface area contributed by atoms with Crippen LogP contribution in [-0.2, 0) is 13.0 Å². The topological polar surface area (TPSA) is 89.8 Å². The number of pyridine rings is 1. The van der Waals surface area contributed by atoms with Crippen molar-refractivity contribution in [3.8, 4) is 5.75 Å². The van der Waals surface area contributed by atoms with Gasteiger partial charge in [0.2, 0.25) is 5.95 Å². The molecule has 0 bridgehead atoms. The van der Waals surface area contributed by atoms with Gasteiger partial charge in [-0.2, -0.15) is 9.97 Å². The lowest BCUT2D eigenvalue weighted by Crippen LogP contribution is -2.14. The number of nitrogens with zero attached hydrogens (tertiary/aromatic N) is 5. The Morgan fingerprint density at radius 3 is 2.62 bits per heavy atom. The molecule has 0 atom stereocenters. The second-order valence-corrected chi connectivity index (χ2v) is 8.75. The van der Waals surface area contributed by atoms with E-state index in [1.165, 1.54) is 37.7 Å². The summed E-state index contributed by atoms with van der Waals surface area (Å²) in [5, 5.41) is 6.89. The first-order chi connectivity index (χ1) is 16.8. The smallest absolute Gasteiger partial charge is 0.227 e. The van der Waals surface area contributed by atoms with Gasteiger partial charge in [0.25, 0.3) is 0 Å². The average molecular weight is 458 g/mol. The monoisotopic (exact) mass is 457 g/mol. The van der Waals surface area contributed by atoms with E-state index in [0.717, 1.165) is 41.3 Å². The van der Waals surface area contributed by atoms with Crippen LogP contribution in [0.3, 0.4) is 0 Å². The summed E-state index contributed by atoms with van der Waals surface area (Å²) in [5.41, 5.74) is 4.04. The van der Waals surface area contributed by atoms with Crippen molar-refractivity contribution in [1.82, 2.24) is 24.5 Å². The highest BCUT2D eigenvalue weighted by Crippen LogP contribution is 2.32. The summed E-state index contributed by atoms with van der Waals surface area (Å²) in [5.74, 6) is 2.23. The molecular formula is C26H31N7O. The van der Waals surface area contributed by atoms with Crippen molar-refractivity contribution in [2.75, 3.05) is 24.3 Å². The first-order valence-electron chi connectivity index (χ1n) is 12.0. The maximum atomic E-state index is 5.26. The van der Waals surface area contributed by atoms with E-state index < -0.39 is 0 Å². The molecule has 0 radical (unpaired) electrons. The van der Waals surface area contributed by atoms with Gasteiger partial charge >= 0.3 is 0 Å². The molecule has 2 N–H and O–H groups in total. The maximum Gasteiger partial charge on any atom is 0.227 e. The third-order valence-corrected chi connectivity index (χ3v) is 6.43. The molecule has 8 nitrogen and oxygen atoms in total. The number of ether oxygens (including phenoxy) is 1. The fourth-order valence-corrected chi connectivity index (χ4v) is 4.55. The fourth-order valence-electron chi connectivity index (χ4n) is 4.55. The molecule has 0 saturated heterocycles. The molecule has 1 aromatic carbocycles. The van der Waals surface area contributed by atoms with Crippen molar-refractivity contribution in [1.29, 1.82) is 0 Å². The molecular weight excluding hydrogens is 426 g/mol. The van der Waals surface area contributed by atoms with E-state index >= 15 is 0 Å². The number of aromatic nitrogens is 5. The Labute approximate surface area is 199 Å². The van der Waals surface area contributed by atoms with Crippen LogP contribution in [0.2, 0.25) is 0 Å². The predicted molar refractivity (Wildman–Crippen MR) is 134 cm³/mol. The molecule has 0 amide bonds. The Hall–Kier alpha value is -3.68. The van der Waals surface area contributed by atoms with Gasteiger partial charge in [-0.1, -0.05) is 37.5 Å². The minimum atomic E-state index is 0.451. The molecule has 0 aliphatic heterocycles. The van der Waals surface area contributed by atoms with E-state index in [0.29, 0.717) is 18.5 Å². The number of methoxy groups -OCH3 is 1. The number of benzene rings is 1. The summed E-state index contributed by atoms with van der Waals surface area (Å²) in [4.78, 5) is 18.6. The van der Waals surface area contributed by atoms with Gasteiger partial charge in [-0.25, -0.2) is 4.98 Å². The number of anilines is 2. The van der Waals surface area contributed by atoms with Crippen LogP contribution in [0, 0.1) is 0 Å².